The number of methoxy groups -OCH3 is 2. The predicted molar refractivity (Wildman–Crippen MR) is 143 cm³/mol. The van der Waals surface area contributed by atoms with Gasteiger partial charge in [-0.2, -0.15) is 0 Å². The van der Waals surface area contributed by atoms with Crippen LogP contribution in [0.4, 0.5) is 10.1 Å². The van der Waals surface area contributed by atoms with Gasteiger partial charge in [-0.15, -0.1) is 0 Å². The molecule has 0 saturated carbocycles. The van der Waals surface area contributed by atoms with E-state index in [1.54, 1.807) is 32.4 Å². The number of aromatic nitrogens is 1. The molecule has 0 unspecified atom stereocenters. The molecule has 0 aliphatic carbocycles. The van der Waals surface area contributed by atoms with Crippen molar-refractivity contribution >= 4 is 33.9 Å². The fourth-order valence-corrected chi connectivity index (χ4v) is 4.47. The van der Waals surface area contributed by atoms with Crippen LogP contribution in [0.15, 0.2) is 47.3 Å². The van der Waals surface area contributed by atoms with Gasteiger partial charge in [-0.25, -0.2) is 4.39 Å². The van der Waals surface area contributed by atoms with Crippen molar-refractivity contribution in [2.75, 3.05) is 58.9 Å². The van der Waals surface area contributed by atoms with Crippen LogP contribution in [-0.2, 0) is 11.3 Å². The van der Waals surface area contributed by atoms with Gasteiger partial charge < -0.3 is 29.4 Å². The largest absolute Gasteiger partial charge is 0.493 e. The van der Waals surface area contributed by atoms with Gasteiger partial charge in [-0.3, -0.25) is 9.69 Å². The molecule has 0 amide bonds. The van der Waals surface area contributed by atoms with Crippen LogP contribution in [0.25, 0.3) is 10.9 Å². The third-order valence-electron chi connectivity index (χ3n) is 6.18. The Morgan fingerprint density at radius 2 is 1.83 bits per heavy atom. The molecular formula is C26H31FN4O4S. The SMILES string of the molecule is COc1cc2cc(CN(CCCN3CCOCC3)C(=S)Nc3ccc(F)cc3)c(=O)[nH]c2cc1OC. The Hall–Kier alpha value is -3.21. The lowest BCUT2D eigenvalue weighted by Crippen LogP contribution is -2.40. The molecule has 1 fully saturated rings. The first-order chi connectivity index (χ1) is 17.5. The van der Waals surface area contributed by atoms with Crippen molar-refractivity contribution in [3.63, 3.8) is 0 Å². The Balaban J connectivity index is 1.55. The number of ether oxygens (including phenoxy) is 3. The number of nitrogens with one attached hydrogen (secondary N) is 2. The average Bonchev–Trinajstić information content (AvgIpc) is 2.89. The first kappa shape index (κ1) is 25.9. The zero-order chi connectivity index (χ0) is 25.5. The second-order valence-electron chi connectivity index (χ2n) is 8.58. The Kier molecular flexibility index (Phi) is 8.74. The number of hydrogen-bond donors (Lipinski definition) is 2. The van der Waals surface area contributed by atoms with Crippen molar-refractivity contribution in [2.24, 2.45) is 0 Å². The fourth-order valence-electron chi connectivity index (χ4n) is 4.20. The first-order valence-electron chi connectivity index (χ1n) is 11.9. The number of halogens is 1. The highest BCUT2D eigenvalue weighted by Crippen LogP contribution is 2.31. The Morgan fingerprint density at radius 1 is 1.14 bits per heavy atom. The van der Waals surface area contributed by atoms with Crippen LogP contribution in [-0.4, -0.2) is 73.5 Å². The van der Waals surface area contributed by atoms with Gasteiger partial charge in [0.15, 0.2) is 16.6 Å². The number of pyridine rings is 1. The lowest BCUT2D eigenvalue weighted by atomic mass is 10.1. The number of hydrogen-bond acceptors (Lipinski definition) is 6. The summed E-state index contributed by atoms with van der Waals surface area (Å²) in [4.78, 5) is 20.3. The lowest BCUT2D eigenvalue weighted by Gasteiger charge is -2.29. The Morgan fingerprint density at radius 3 is 2.53 bits per heavy atom. The fraction of sp³-hybridized carbons (Fsp3) is 0.385. The van der Waals surface area contributed by atoms with E-state index in [1.807, 2.05) is 17.0 Å². The van der Waals surface area contributed by atoms with E-state index in [2.05, 4.69) is 15.2 Å². The van der Waals surface area contributed by atoms with E-state index in [-0.39, 0.29) is 11.4 Å². The van der Waals surface area contributed by atoms with E-state index < -0.39 is 0 Å². The molecular weight excluding hydrogens is 483 g/mol. The van der Waals surface area contributed by atoms with E-state index in [0.29, 0.717) is 46.5 Å². The molecule has 192 valence electrons. The van der Waals surface area contributed by atoms with Crippen molar-refractivity contribution in [1.82, 2.24) is 14.8 Å². The highest BCUT2D eigenvalue weighted by Gasteiger charge is 2.17. The summed E-state index contributed by atoms with van der Waals surface area (Å²) in [6.07, 6.45) is 0.863. The minimum Gasteiger partial charge on any atom is -0.493 e. The summed E-state index contributed by atoms with van der Waals surface area (Å²) in [5.74, 6) is 0.810. The summed E-state index contributed by atoms with van der Waals surface area (Å²) in [7, 11) is 3.13. The van der Waals surface area contributed by atoms with E-state index in [0.717, 1.165) is 44.7 Å². The number of morpholine rings is 1. The molecule has 1 aliphatic heterocycles. The molecule has 0 bridgehead atoms. The smallest absolute Gasteiger partial charge is 0.253 e. The van der Waals surface area contributed by atoms with Crippen LogP contribution < -0.4 is 20.3 Å². The van der Waals surface area contributed by atoms with Gasteiger partial charge in [-0.1, -0.05) is 0 Å². The van der Waals surface area contributed by atoms with Crippen LogP contribution >= 0.6 is 12.2 Å². The highest BCUT2D eigenvalue weighted by atomic mass is 32.1. The van der Waals surface area contributed by atoms with Gasteiger partial charge in [0.2, 0.25) is 0 Å². The molecule has 8 nitrogen and oxygen atoms in total. The molecule has 0 radical (unpaired) electrons. The molecule has 3 aromatic rings. The second kappa shape index (κ2) is 12.2. The summed E-state index contributed by atoms with van der Waals surface area (Å²) in [6.45, 7) is 5.18. The van der Waals surface area contributed by atoms with Gasteiger partial charge in [-0.05, 0) is 55.0 Å². The molecule has 36 heavy (non-hydrogen) atoms. The number of aromatic amines is 1. The number of thiocarbonyl (C=S) groups is 1. The van der Waals surface area contributed by atoms with E-state index in [9.17, 15) is 9.18 Å². The number of rotatable bonds is 9. The topological polar surface area (TPSA) is 79.1 Å². The van der Waals surface area contributed by atoms with Crippen LogP contribution in [0.2, 0.25) is 0 Å². The molecule has 10 heteroatoms. The summed E-state index contributed by atoms with van der Waals surface area (Å²) in [5, 5.41) is 4.47. The van der Waals surface area contributed by atoms with Gasteiger partial charge in [0.05, 0.1) is 39.5 Å². The van der Waals surface area contributed by atoms with Crippen LogP contribution in [0.1, 0.15) is 12.0 Å². The van der Waals surface area contributed by atoms with E-state index >= 15 is 0 Å². The average molecular weight is 515 g/mol. The third kappa shape index (κ3) is 6.51. The van der Waals surface area contributed by atoms with Crippen LogP contribution in [0.3, 0.4) is 0 Å². The normalized spacial score (nSPS) is 14.0. The maximum absolute atomic E-state index is 13.3. The number of benzene rings is 2. The summed E-state index contributed by atoms with van der Waals surface area (Å²) in [5.41, 5.74) is 1.72. The van der Waals surface area contributed by atoms with Gasteiger partial charge in [0.25, 0.3) is 5.56 Å². The molecule has 2 heterocycles. The third-order valence-corrected chi connectivity index (χ3v) is 6.54. The maximum Gasteiger partial charge on any atom is 0.253 e. The Labute approximate surface area is 214 Å². The van der Waals surface area contributed by atoms with Crippen molar-refractivity contribution in [1.29, 1.82) is 0 Å². The van der Waals surface area contributed by atoms with Crippen LogP contribution in [0, 0.1) is 5.82 Å². The molecule has 1 aromatic heterocycles. The minimum atomic E-state index is -0.316. The maximum atomic E-state index is 13.3. The quantitative estimate of drug-likeness (QED) is 0.420. The van der Waals surface area contributed by atoms with Gasteiger partial charge >= 0.3 is 0 Å². The number of anilines is 1. The summed E-state index contributed by atoms with van der Waals surface area (Å²) >= 11 is 5.71. The predicted octanol–water partition coefficient (Wildman–Crippen LogP) is 3.61. The van der Waals surface area contributed by atoms with E-state index in [1.165, 1.54) is 12.1 Å². The zero-order valence-corrected chi connectivity index (χ0v) is 21.3. The summed E-state index contributed by atoms with van der Waals surface area (Å²) < 4.78 is 29.6. The Bertz CT molecular complexity index is 1250. The standard InChI is InChI=1S/C26H31FN4O4S/c1-33-23-15-18-14-19(25(32)29-22(18)16-24(23)34-2)17-31(9-3-8-30-10-12-35-13-11-30)26(36)28-21-6-4-20(27)5-7-21/h4-7,14-16H,3,8-13,17H2,1-2H3,(H,28,36)(H,29,32). The van der Waals surface area contributed by atoms with Crippen LogP contribution in [0.5, 0.6) is 11.5 Å². The second-order valence-corrected chi connectivity index (χ2v) is 8.97. The number of fused-ring (bicyclic) bond motifs is 1. The monoisotopic (exact) mass is 514 g/mol. The molecule has 1 saturated heterocycles. The lowest BCUT2D eigenvalue weighted by molar-refractivity contribution is 0.0367. The van der Waals surface area contributed by atoms with Crippen molar-refractivity contribution in [3.8, 4) is 11.5 Å². The van der Waals surface area contributed by atoms with Gasteiger partial charge in [0, 0.05) is 48.9 Å². The molecule has 0 atom stereocenters. The number of H-pyrrole nitrogens is 1. The minimum absolute atomic E-state index is 0.197. The first-order valence-corrected chi connectivity index (χ1v) is 12.3. The molecule has 1 aliphatic rings. The van der Waals surface area contributed by atoms with Gasteiger partial charge in [0.1, 0.15) is 5.82 Å². The molecule has 4 rings (SSSR count). The van der Waals surface area contributed by atoms with Crippen molar-refractivity contribution < 1.29 is 18.6 Å². The summed E-state index contributed by atoms with van der Waals surface area (Å²) in [6, 6.07) is 11.5. The zero-order valence-electron chi connectivity index (χ0n) is 20.5. The van der Waals surface area contributed by atoms with Crippen molar-refractivity contribution in [2.45, 2.75) is 13.0 Å². The number of nitrogens with zero attached hydrogens (tertiary/aromatic N) is 2. The molecule has 0 spiro atoms. The molecule has 2 aromatic carbocycles. The molecule has 2 N–H and O–H groups in total. The van der Waals surface area contributed by atoms with E-state index in [4.69, 9.17) is 26.4 Å². The highest BCUT2D eigenvalue weighted by molar-refractivity contribution is 7.80. The van der Waals surface area contributed by atoms with Crippen molar-refractivity contribution in [3.05, 3.63) is 64.2 Å².